The second-order valence-corrected chi connectivity index (χ2v) is 5.03. The molecule has 0 radical (unpaired) electrons. The second kappa shape index (κ2) is 3.67. The van der Waals surface area contributed by atoms with Crippen molar-refractivity contribution in [1.82, 2.24) is 0 Å². The van der Waals surface area contributed by atoms with Crippen molar-refractivity contribution in [1.29, 1.82) is 0 Å². The van der Waals surface area contributed by atoms with Crippen LogP contribution in [-0.2, 0) is 0 Å². The molecule has 0 saturated heterocycles. The van der Waals surface area contributed by atoms with Crippen molar-refractivity contribution in [3.8, 4) is 0 Å². The van der Waals surface area contributed by atoms with Crippen molar-refractivity contribution in [2.24, 2.45) is 5.41 Å². The van der Waals surface area contributed by atoms with Crippen LogP contribution in [0.25, 0.3) is 0 Å². The second-order valence-electron chi connectivity index (χ2n) is 4.62. The van der Waals surface area contributed by atoms with Gasteiger partial charge in [0.15, 0.2) is 5.82 Å². The summed E-state index contributed by atoms with van der Waals surface area (Å²) in [6, 6.07) is 5.33. The standard InChI is InChI=1S/C12H15ClFN/c1-8(12(2)6-7-12)15-10-5-3-4-9(13)11(10)14/h3-5,8,15H,6-7H2,1-2H3. The maximum absolute atomic E-state index is 13.6. The lowest BCUT2D eigenvalue weighted by atomic mass is 10.0. The van der Waals surface area contributed by atoms with Gasteiger partial charge in [0, 0.05) is 6.04 Å². The van der Waals surface area contributed by atoms with E-state index in [4.69, 9.17) is 11.6 Å². The number of anilines is 1. The summed E-state index contributed by atoms with van der Waals surface area (Å²) in [5.41, 5.74) is 0.831. The average Bonchev–Trinajstić information content (AvgIpc) is 2.93. The molecule has 0 heterocycles. The lowest BCUT2D eigenvalue weighted by molar-refractivity contribution is 0.490. The summed E-state index contributed by atoms with van der Waals surface area (Å²) in [6.07, 6.45) is 2.42. The van der Waals surface area contributed by atoms with Crippen molar-refractivity contribution >= 4 is 17.3 Å². The average molecular weight is 228 g/mol. The third-order valence-electron chi connectivity index (χ3n) is 3.41. The molecule has 2 rings (SSSR count). The Morgan fingerprint density at radius 1 is 1.47 bits per heavy atom. The number of rotatable bonds is 3. The van der Waals surface area contributed by atoms with Gasteiger partial charge in [0.2, 0.25) is 0 Å². The highest BCUT2D eigenvalue weighted by atomic mass is 35.5. The van der Waals surface area contributed by atoms with E-state index < -0.39 is 0 Å². The van der Waals surface area contributed by atoms with Gasteiger partial charge in [-0.15, -0.1) is 0 Å². The Balaban J connectivity index is 2.14. The molecule has 1 aromatic rings. The van der Waals surface area contributed by atoms with Crippen LogP contribution in [0.15, 0.2) is 18.2 Å². The van der Waals surface area contributed by atoms with Crippen molar-refractivity contribution in [2.75, 3.05) is 5.32 Å². The van der Waals surface area contributed by atoms with Crippen molar-refractivity contribution < 1.29 is 4.39 Å². The molecule has 1 atom stereocenters. The first-order valence-corrected chi connectivity index (χ1v) is 5.61. The van der Waals surface area contributed by atoms with Gasteiger partial charge in [-0.1, -0.05) is 24.6 Å². The van der Waals surface area contributed by atoms with E-state index in [1.54, 1.807) is 18.2 Å². The minimum atomic E-state index is -0.352. The number of benzene rings is 1. The number of nitrogens with one attached hydrogen (secondary N) is 1. The predicted octanol–water partition coefficient (Wildman–Crippen LogP) is 4.08. The van der Waals surface area contributed by atoms with Crippen LogP contribution in [0.4, 0.5) is 10.1 Å². The van der Waals surface area contributed by atoms with Crippen LogP contribution < -0.4 is 5.32 Å². The molecular formula is C12H15ClFN. The van der Waals surface area contributed by atoms with E-state index in [9.17, 15) is 4.39 Å². The van der Waals surface area contributed by atoms with Crippen LogP contribution in [0.2, 0.25) is 5.02 Å². The Hall–Kier alpha value is -0.760. The van der Waals surface area contributed by atoms with Gasteiger partial charge in [-0.3, -0.25) is 0 Å². The summed E-state index contributed by atoms with van der Waals surface area (Å²) in [4.78, 5) is 0. The molecule has 0 bridgehead atoms. The fraction of sp³-hybridized carbons (Fsp3) is 0.500. The normalized spacial score (nSPS) is 19.7. The first-order chi connectivity index (χ1) is 7.03. The Kier molecular flexibility index (Phi) is 2.63. The summed E-state index contributed by atoms with van der Waals surface area (Å²) in [7, 11) is 0. The number of halogens is 2. The third kappa shape index (κ3) is 2.10. The molecule has 0 aromatic heterocycles. The molecule has 15 heavy (non-hydrogen) atoms. The molecule has 0 spiro atoms. The highest BCUT2D eigenvalue weighted by Crippen LogP contribution is 2.49. The molecule has 1 aromatic carbocycles. The van der Waals surface area contributed by atoms with E-state index in [1.165, 1.54) is 12.8 Å². The molecule has 1 aliphatic rings. The van der Waals surface area contributed by atoms with Crippen molar-refractivity contribution in [2.45, 2.75) is 32.7 Å². The van der Waals surface area contributed by atoms with E-state index in [2.05, 4.69) is 19.2 Å². The zero-order valence-electron chi connectivity index (χ0n) is 8.98. The molecule has 1 N–H and O–H groups in total. The molecule has 1 unspecified atom stereocenters. The molecular weight excluding hydrogens is 213 g/mol. The zero-order valence-corrected chi connectivity index (χ0v) is 9.74. The Bertz CT molecular complexity index is 374. The molecule has 1 nitrogen and oxygen atoms in total. The van der Waals surface area contributed by atoms with Crippen LogP contribution in [0.1, 0.15) is 26.7 Å². The van der Waals surface area contributed by atoms with Gasteiger partial charge in [0.25, 0.3) is 0 Å². The van der Waals surface area contributed by atoms with E-state index >= 15 is 0 Å². The molecule has 0 amide bonds. The van der Waals surface area contributed by atoms with Gasteiger partial charge in [-0.2, -0.15) is 0 Å². The highest BCUT2D eigenvalue weighted by Gasteiger charge is 2.42. The number of hydrogen-bond donors (Lipinski definition) is 1. The molecule has 1 aliphatic carbocycles. The van der Waals surface area contributed by atoms with Crippen LogP contribution in [0.5, 0.6) is 0 Å². The maximum Gasteiger partial charge on any atom is 0.164 e. The lowest BCUT2D eigenvalue weighted by Gasteiger charge is -2.22. The van der Waals surface area contributed by atoms with Crippen LogP contribution in [-0.4, -0.2) is 6.04 Å². The maximum atomic E-state index is 13.6. The quantitative estimate of drug-likeness (QED) is 0.821. The van der Waals surface area contributed by atoms with Crippen LogP contribution in [0.3, 0.4) is 0 Å². The fourth-order valence-electron chi connectivity index (χ4n) is 1.65. The SMILES string of the molecule is CC(Nc1cccc(Cl)c1F)C1(C)CC1. The lowest BCUT2D eigenvalue weighted by Crippen LogP contribution is -2.25. The summed E-state index contributed by atoms with van der Waals surface area (Å²) < 4.78 is 13.6. The van der Waals surface area contributed by atoms with E-state index in [-0.39, 0.29) is 16.9 Å². The molecule has 1 fully saturated rings. The Morgan fingerprint density at radius 2 is 2.13 bits per heavy atom. The summed E-state index contributed by atoms with van der Waals surface area (Å²) >= 11 is 5.71. The third-order valence-corrected chi connectivity index (χ3v) is 3.70. The van der Waals surface area contributed by atoms with Crippen LogP contribution >= 0.6 is 11.6 Å². The van der Waals surface area contributed by atoms with Gasteiger partial charge in [0.1, 0.15) is 0 Å². The highest BCUT2D eigenvalue weighted by molar-refractivity contribution is 6.31. The van der Waals surface area contributed by atoms with E-state index in [1.807, 2.05) is 0 Å². The van der Waals surface area contributed by atoms with Gasteiger partial charge in [0.05, 0.1) is 10.7 Å². The first-order valence-electron chi connectivity index (χ1n) is 5.23. The van der Waals surface area contributed by atoms with Gasteiger partial charge >= 0.3 is 0 Å². The number of hydrogen-bond acceptors (Lipinski definition) is 1. The smallest absolute Gasteiger partial charge is 0.164 e. The first kappa shape index (κ1) is 10.7. The Morgan fingerprint density at radius 3 is 2.73 bits per heavy atom. The minimum absolute atomic E-state index is 0.174. The summed E-state index contributed by atoms with van der Waals surface area (Å²) in [6.45, 7) is 4.31. The Labute approximate surface area is 94.6 Å². The summed E-state index contributed by atoms with van der Waals surface area (Å²) in [5.74, 6) is -0.352. The molecule has 3 heteroatoms. The molecule has 0 aliphatic heterocycles. The largest absolute Gasteiger partial charge is 0.380 e. The van der Waals surface area contributed by atoms with Crippen molar-refractivity contribution in [3.05, 3.63) is 29.0 Å². The molecule has 1 saturated carbocycles. The van der Waals surface area contributed by atoms with Gasteiger partial charge in [-0.05, 0) is 37.3 Å². The van der Waals surface area contributed by atoms with Gasteiger partial charge in [-0.25, -0.2) is 4.39 Å². The van der Waals surface area contributed by atoms with E-state index in [0.29, 0.717) is 11.1 Å². The van der Waals surface area contributed by atoms with Crippen molar-refractivity contribution in [3.63, 3.8) is 0 Å². The molecule has 82 valence electrons. The van der Waals surface area contributed by atoms with Gasteiger partial charge < -0.3 is 5.32 Å². The minimum Gasteiger partial charge on any atom is -0.380 e. The fourth-order valence-corrected chi connectivity index (χ4v) is 1.83. The summed E-state index contributed by atoms with van der Waals surface area (Å²) in [5, 5.41) is 3.37. The topological polar surface area (TPSA) is 12.0 Å². The zero-order chi connectivity index (χ0) is 11.1. The monoisotopic (exact) mass is 227 g/mol. The predicted molar refractivity (Wildman–Crippen MR) is 61.8 cm³/mol. The van der Waals surface area contributed by atoms with Crippen LogP contribution in [0, 0.1) is 11.2 Å². The van der Waals surface area contributed by atoms with E-state index in [0.717, 1.165) is 0 Å².